The molecule has 22 heavy (non-hydrogen) atoms. The summed E-state index contributed by atoms with van der Waals surface area (Å²) in [5, 5.41) is 0. The minimum Gasteiger partial charge on any atom is -0.575 e. The van der Waals surface area contributed by atoms with E-state index in [9.17, 15) is 4.89 Å². The third-order valence-electron chi connectivity index (χ3n) is 2.95. The minimum atomic E-state index is -2.14. The van der Waals surface area contributed by atoms with Crippen LogP contribution in [0.1, 0.15) is 34.1 Å². The van der Waals surface area contributed by atoms with E-state index in [4.69, 9.17) is 9.26 Å². The Hall–Kier alpha value is -1.48. The second kappa shape index (κ2) is 6.74. The van der Waals surface area contributed by atoms with Gasteiger partial charge in [-0.2, -0.15) is 0 Å². The van der Waals surface area contributed by atoms with Crippen LogP contribution in [0.4, 0.5) is 0 Å². The molecule has 0 saturated heterocycles. The molecule has 0 fully saturated rings. The van der Waals surface area contributed by atoms with E-state index in [-0.39, 0.29) is 5.60 Å². The summed E-state index contributed by atoms with van der Waals surface area (Å²) in [5.74, 6) is 0.549. The van der Waals surface area contributed by atoms with Gasteiger partial charge in [0.2, 0.25) is 0 Å². The van der Waals surface area contributed by atoms with Crippen LogP contribution in [-0.2, 0) is 4.74 Å². The Morgan fingerprint density at radius 3 is 2.55 bits per heavy atom. The van der Waals surface area contributed by atoms with Gasteiger partial charge in [0.1, 0.15) is 0 Å². The zero-order chi connectivity index (χ0) is 16.2. The number of rotatable bonds is 4. The summed E-state index contributed by atoms with van der Waals surface area (Å²) in [6.45, 7) is 8.04. The molecule has 0 bridgehead atoms. The lowest BCUT2D eigenvalue weighted by atomic mass is 9.94. The number of nitrogens with zero attached hydrogens (tertiary/aromatic N) is 1. The molecule has 2 unspecified atom stereocenters. The average molecular weight is 319 g/mol. The third-order valence-corrected chi connectivity index (χ3v) is 3.73. The van der Waals surface area contributed by atoms with Gasteiger partial charge in [0, 0.05) is 6.42 Å². The highest BCUT2D eigenvalue weighted by molar-refractivity contribution is 7.34. The summed E-state index contributed by atoms with van der Waals surface area (Å²) in [6, 6.07) is 9.04. The van der Waals surface area contributed by atoms with Crippen molar-refractivity contribution in [2.45, 2.75) is 45.3 Å². The summed E-state index contributed by atoms with van der Waals surface area (Å²) < 4.78 is 15.6. The van der Waals surface area contributed by atoms with Crippen molar-refractivity contribution in [3.8, 4) is 5.75 Å². The second-order valence-corrected chi connectivity index (χ2v) is 7.32. The summed E-state index contributed by atoms with van der Waals surface area (Å²) in [4.78, 5) is 12.0. The lowest BCUT2D eigenvalue weighted by molar-refractivity contribution is -0.168. The maximum atomic E-state index is 12.0. The Morgan fingerprint density at radius 1 is 1.23 bits per heavy atom. The van der Waals surface area contributed by atoms with Crippen LogP contribution < -0.4 is 9.42 Å². The van der Waals surface area contributed by atoms with Crippen LogP contribution in [0, 0.1) is 0 Å². The Kier molecular flexibility index (Phi) is 5.17. The molecule has 2 rings (SSSR count). The predicted octanol–water partition coefficient (Wildman–Crippen LogP) is 4.34. The van der Waals surface area contributed by atoms with Crippen LogP contribution in [0.15, 0.2) is 59.0 Å². The van der Waals surface area contributed by atoms with Gasteiger partial charge in [-0.05, 0) is 50.6 Å². The number of ether oxygens (including phenoxy) is 1. The van der Waals surface area contributed by atoms with Gasteiger partial charge < -0.3 is 9.63 Å². The summed E-state index contributed by atoms with van der Waals surface area (Å²) in [7, 11) is -2.14. The van der Waals surface area contributed by atoms with Gasteiger partial charge in [-0.1, -0.05) is 30.4 Å². The Labute approximate surface area is 133 Å². The fourth-order valence-corrected chi connectivity index (χ4v) is 3.07. The molecule has 0 saturated carbocycles. The van der Waals surface area contributed by atoms with Gasteiger partial charge in [0.15, 0.2) is 5.75 Å². The molecular weight excluding hydrogens is 297 g/mol. The minimum absolute atomic E-state index is 0.260. The molecule has 0 heterocycles. The molecule has 0 amide bonds. The molecule has 0 N–H and O–H groups in total. The molecule has 4 nitrogen and oxygen atoms in total. The molecule has 5 heteroatoms. The lowest BCUT2D eigenvalue weighted by Crippen LogP contribution is -2.36. The van der Waals surface area contributed by atoms with E-state index in [2.05, 4.69) is 4.74 Å². The number of allylic oxidation sites excluding steroid dienone is 2. The van der Waals surface area contributed by atoms with Crippen LogP contribution in [-0.4, -0.2) is 11.2 Å². The molecular formula is C17H22NO3P. The monoisotopic (exact) mass is 319 g/mol. The van der Waals surface area contributed by atoms with Gasteiger partial charge in [0.05, 0.1) is 16.9 Å². The van der Waals surface area contributed by atoms with E-state index in [1.165, 1.54) is 0 Å². The van der Waals surface area contributed by atoms with Crippen molar-refractivity contribution in [3.63, 3.8) is 0 Å². The molecule has 1 aliphatic carbocycles. The molecule has 0 radical (unpaired) electrons. The highest BCUT2D eigenvalue weighted by Crippen LogP contribution is 2.34. The molecule has 0 aliphatic heterocycles. The van der Waals surface area contributed by atoms with Crippen molar-refractivity contribution in [3.05, 3.63) is 54.3 Å². The first-order valence-electron chi connectivity index (χ1n) is 7.26. The summed E-state index contributed by atoms with van der Waals surface area (Å²) in [6.07, 6.45) is 6.30. The van der Waals surface area contributed by atoms with Gasteiger partial charge in [-0.25, -0.2) is 0 Å². The molecule has 0 spiro atoms. The van der Waals surface area contributed by atoms with Gasteiger partial charge >= 0.3 is 8.17 Å². The van der Waals surface area contributed by atoms with E-state index in [1.807, 2.05) is 64.1 Å². The van der Waals surface area contributed by atoms with Crippen molar-refractivity contribution in [2.75, 3.05) is 0 Å². The third kappa shape index (κ3) is 5.38. The van der Waals surface area contributed by atoms with E-state index in [0.717, 1.165) is 0 Å². The van der Waals surface area contributed by atoms with Crippen molar-refractivity contribution in [1.82, 2.24) is 0 Å². The smallest absolute Gasteiger partial charge is 0.399 e. The highest BCUT2D eigenvalue weighted by atomic mass is 31.1. The van der Waals surface area contributed by atoms with Crippen LogP contribution >= 0.6 is 8.17 Å². The van der Waals surface area contributed by atoms with Gasteiger partial charge in [-0.15, -0.1) is 0 Å². The largest absolute Gasteiger partial charge is 0.575 e. The molecule has 1 aromatic rings. The Bertz CT molecular complexity index is 602. The number of benzene rings is 1. The number of hydrogen-bond acceptors (Lipinski definition) is 4. The Morgan fingerprint density at radius 2 is 1.91 bits per heavy atom. The zero-order valence-corrected chi connectivity index (χ0v) is 14.3. The first kappa shape index (κ1) is 16.9. The van der Waals surface area contributed by atoms with E-state index < -0.39 is 13.8 Å². The Balaban J connectivity index is 2.05. The van der Waals surface area contributed by atoms with E-state index in [0.29, 0.717) is 17.9 Å². The van der Waals surface area contributed by atoms with Crippen molar-refractivity contribution < 1.29 is 14.2 Å². The first-order valence-corrected chi connectivity index (χ1v) is 8.39. The molecule has 118 valence electrons. The van der Waals surface area contributed by atoms with Crippen LogP contribution in [0.25, 0.3) is 0 Å². The van der Waals surface area contributed by atoms with Crippen molar-refractivity contribution in [1.29, 1.82) is 0 Å². The average Bonchev–Trinajstić information content (AvgIpc) is 2.36. The molecule has 1 aliphatic rings. The predicted molar refractivity (Wildman–Crippen MR) is 87.5 cm³/mol. The topological polar surface area (TPSA) is 53.9 Å². The van der Waals surface area contributed by atoms with Crippen LogP contribution in [0.3, 0.4) is 0 Å². The quantitative estimate of drug-likeness (QED) is 0.776. The zero-order valence-electron chi connectivity index (χ0n) is 13.4. The van der Waals surface area contributed by atoms with Crippen LogP contribution in [0.5, 0.6) is 5.75 Å². The molecule has 0 aromatic heterocycles. The first-order chi connectivity index (χ1) is 10.3. The fourth-order valence-electron chi connectivity index (χ4n) is 2.38. The SMILES string of the molecule is CC(C)(C)OC1(C)C=CC=C(/N=[P+](\[O-])Oc2ccccc2)C1. The molecule has 1 aromatic carbocycles. The van der Waals surface area contributed by atoms with E-state index >= 15 is 0 Å². The lowest BCUT2D eigenvalue weighted by Gasteiger charge is -2.35. The maximum absolute atomic E-state index is 12.0. The van der Waals surface area contributed by atoms with Crippen LogP contribution in [0.2, 0.25) is 0 Å². The standard InChI is InChI=1S/C17H22NO3P/c1-16(2,3)21-17(4)12-8-9-14(13-17)18-22(19)20-15-10-6-5-7-11-15/h5-12H,13H2,1-4H3. The van der Waals surface area contributed by atoms with E-state index in [1.54, 1.807) is 12.1 Å². The maximum Gasteiger partial charge on any atom is 0.399 e. The number of hydrogen-bond donors (Lipinski definition) is 0. The summed E-state index contributed by atoms with van der Waals surface area (Å²) in [5.41, 5.74) is 0.00487. The van der Waals surface area contributed by atoms with Gasteiger partial charge in [0.25, 0.3) is 0 Å². The highest BCUT2D eigenvalue weighted by Gasteiger charge is 2.31. The summed E-state index contributed by atoms with van der Waals surface area (Å²) >= 11 is 0. The number of para-hydroxylation sites is 1. The normalized spacial score (nSPS) is 22.4. The van der Waals surface area contributed by atoms with Crippen molar-refractivity contribution >= 4 is 8.17 Å². The van der Waals surface area contributed by atoms with Gasteiger partial charge in [-0.3, -0.25) is 4.52 Å². The molecule has 2 atom stereocenters. The fraction of sp³-hybridized carbons (Fsp3) is 0.412. The van der Waals surface area contributed by atoms with Crippen molar-refractivity contribution in [2.24, 2.45) is 4.74 Å². The second-order valence-electron chi connectivity index (χ2n) is 6.46.